The molecule has 1 atom stereocenters. The zero-order valence-electron chi connectivity index (χ0n) is 15.4. The zero-order chi connectivity index (χ0) is 19.4. The van der Waals surface area contributed by atoms with Crippen molar-refractivity contribution in [2.45, 2.75) is 27.9 Å². The standard InChI is InChI=1S/C22H23NO3S2/c24-28(25)16-21(27-19-8-2-1-3-9-19)20-14-18(10-11-22(20)28)26-13-5-7-17-6-4-12-23-15-17/h1-4,6,8-12,14-15,21,24-25H,5,7,13,16H2. The Hall–Kier alpha value is -1.99. The predicted octanol–water partition coefficient (Wildman–Crippen LogP) is 6.05. The topological polar surface area (TPSA) is 62.6 Å². The van der Waals surface area contributed by atoms with E-state index < -0.39 is 10.6 Å². The van der Waals surface area contributed by atoms with E-state index in [1.807, 2.05) is 60.8 Å². The molecule has 4 nitrogen and oxygen atoms in total. The van der Waals surface area contributed by atoms with Gasteiger partial charge < -0.3 is 4.74 Å². The highest BCUT2D eigenvalue weighted by Crippen LogP contribution is 2.63. The SMILES string of the molecule is OS1(O)CC(Sc2ccccc2)c2cc(OCCCc3cccnc3)ccc21. The van der Waals surface area contributed by atoms with Crippen LogP contribution in [0.2, 0.25) is 0 Å². The van der Waals surface area contributed by atoms with Gasteiger partial charge in [-0.25, -0.2) is 0 Å². The molecule has 28 heavy (non-hydrogen) atoms. The van der Waals surface area contributed by atoms with Gasteiger partial charge in [0.15, 0.2) is 0 Å². The van der Waals surface area contributed by atoms with Crippen molar-refractivity contribution in [3.8, 4) is 5.75 Å². The van der Waals surface area contributed by atoms with Crippen LogP contribution in [0.4, 0.5) is 0 Å². The first-order chi connectivity index (χ1) is 13.6. The molecule has 0 fully saturated rings. The van der Waals surface area contributed by atoms with Gasteiger partial charge in [0.05, 0.1) is 22.5 Å². The van der Waals surface area contributed by atoms with Crippen molar-refractivity contribution in [2.75, 3.05) is 12.4 Å². The molecule has 146 valence electrons. The Morgan fingerprint density at radius 3 is 2.71 bits per heavy atom. The van der Waals surface area contributed by atoms with Crippen LogP contribution in [0.25, 0.3) is 0 Å². The van der Waals surface area contributed by atoms with E-state index in [4.69, 9.17) is 4.74 Å². The van der Waals surface area contributed by atoms with Crippen molar-refractivity contribution in [1.82, 2.24) is 4.98 Å². The van der Waals surface area contributed by atoms with Crippen molar-refractivity contribution in [2.24, 2.45) is 0 Å². The Bertz CT molecular complexity index is 920. The third-order valence-electron chi connectivity index (χ3n) is 4.69. The Morgan fingerprint density at radius 2 is 1.93 bits per heavy atom. The van der Waals surface area contributed by atoms with Gasteiger partial charge in [-0.1, -0.05) is 24.3 Å². The Balaban J connectivity index is 1.43. The molecule has 3 aromatic rings. The van der Waals surface area contributed by atoms with Crippen molar-refractivity contribution in [1.29, 1.82) is 0 Å². The van der Waals surface area contributed by atoms with Crippen molar-refractivity contribution in [3.05, 3.63) is 84.2 Å². The molecule has 0 aliphatic carbocycles. The molecule has 0 bridgehead atoms. The summed E-state index contributed by atoms with van der Waals surface area (Å²) in [5.41, 5.74) is 2.17. The van der Waals surface area contributed by atoms with Crippen LogP contribution in [0.15, 0.2) is 82.8 Å². The highest BCUT2D eigenvalue weighted by molar-refractivity contribution is 8.25. The molecule has 6 heteroatoms. The van der Waals surface area contributed by atoms with E-state index in [1.54, 1.807) is 18.0 Å². The first kappa shape index (κ1) is 19.3. The lowest BCUT2D eigenvalue weighted by atomic mass is 10.1. The monoisotopic (exact) mass is 413 g/mol. The summed E-state index contributed by atoms with van der Waals surface area (Å²) in [6, 6.07) is 19.7. The molecule has 0 amide bonds. The van der Waals surface area contributed by atoms with Gasteiger partial charge in [0.25, 0.3) is 0 Å². The minimum Gasteiger partial charge on any atom is -0.494 e. The number of rotatable bonds is 7. The maximum atomic E-state index is 10.5. The second kappa shape index (κ2) is 8.57. The van der Waals surface area contributed by atoms with Crippen molar-refractivity contribution >= 4 is 22.4 Å². The molecule has 2 aromatic carbocycles. The lowest BCUT2D eigenvalue weighted by molar-refractivity contribution is 0.310. The molecule has 1 aromatic heterocycles. The third kappa shape index (κ3) is 4.52. The van der Waals surface area contributed by atoms with Crippen LogP contribution < -0.4 is 4.74 Å². The van der Waals surface area contributed by atoms with Crippen LogP contribution in [0, 0.1) is 0 Å². The molecule has 0 saturated carbocycles. The van der Waals surface area contributed by atoms with Crippen LogP contribution in [-0.4, -0.2) is 26.4 Å². The van der Waals surface area contributed by atoms with Gasteiger partial charge in [-0.3, -0.25) is 14.1 Å². The molecule has 0 spiro atoms. The number of hydrogen-bond donors (Lipinski definition) is 2. The summed E-state index contributed by atoms with van der Waals surface area (Å²) in [5.74, 6) is 1.13. The number of thioether (sulfide) groups is 1. The molecular formula is C22H23NO3S2. The fraction of sp³-hybridized carbons (Fsp3) is 0.227. The maximum absolute atomic E-state index is 10.5. The number of ether oxygens (including phenoxy) is 1. The number of aryl methyl sites for hydroxylation is 1. The van der Waals surface area contributed by atoms with E-state index in [2.05, 4.69) is 11.1 Å². The fourth-order valence-corrected chi connectivity index (χ4v) is 6.86. The average Bonchev–Trinajstić information content (AvgIpc) is 2.96. The summed E-state index contributed by atoms with van der Waals surface area (Å²) in [7, 11) is -2.74. The summed E-state index contributed by atoms with van der Waals surface area (Å²) in [6.07, 6.45) is 5.48. The fourth-order valence-electron chi connectivity index (χ4n) is 3.33. The van der Waals surface area contributed by atoms with E-state index in [9.17, 15) is 9.11 Å². The molecule has 0 radical (unpaired) electrons. The zero-order valence-corrected chi connectivity index (χ0v) is 17.0. The van der Waals surface area contributed by atoms with Crippen LogP contribution in [0.5, 0.6) is 5.75 Å². The average molecular weight is 414 g/mol. The van der Waals surface area contributed by atoms with Crippen molar-refractivity contribution in [3.63, 3.8) is 0 Å². The quantitative estimate of drug-likeness (QED) is 0.462. The Morgan fingerprint density at radius 1 is 1.07 bits per heavy atom. The first-order valence-electron chi connectivity index (χ1n) is 9.25. The summed E-state index contributed by atoms with van der Waals surface area (Å²) in [4.78, 5) is 5.91. The van der Waals surface area contributed by atoms with Gasteiger partial charge in [0.2, 0.25) is 0 Å². The number of aromatic nitrogens is 1. The number of nitrogens with zero attached hydrogens (tertiary/aromatic N) is 1. The molecule has 4 rings (SSSR count). The summed E-state index contributed by atoms with van der Waals surface area (Å²) < 4.78 is 26.9. The van der Waals surface area contributed by atoms with Gasteiger partial charge >= 0.3 is 0 Å². The van der Waals surface area contributed by atoms with E-state index >= 15 is 0 Å². The summed E-state index contributed by atoms with van der Waals surface area (Å²) >= 11 is 1.67. The van der Waals surface area contributed by atoms with Crippen LogP contribution in [0.3, 0.4) is 0 Å². The van der Waals surface area contributed by atoms with Crippen LogP contribution >= 0.6 is 22.4 Å². The third-order valence-corrected chi connectivity index (χ3v) is 8.02. The van der Waals surface area contributed by atoms with E-state index in [0.29, 0.717) is 17.3 Å². The summed E-state index contributed by atoms with van der Waals surface area (Å²) in [6.45, 7) is 0.612. The maximum Gasteiger partial charge on any atom is 0.119 e. The lowest BCUT2D eigenvalue weighted by Gasteiger charge is -2.27. The number of fused-ring (bicyclic) bond motifs is 1. The largest absolute Gasteiger partial charge is 0.494 e. The highest BCUT2D eigenvalue weighted by Gasteiger charge is 2.35. The summed E-state index contributed by atoms with van der Waals surface area (Å²) in [5, 5.41) is 0.0151. The smallest absolute Gasteiger partial charge is 0.119 e. The van der Waals surface area contributed by atoms with Gasteiger partial charge in [-0.2, -0.15) is 10.6 Å². The normalized spacial score (nSPS) is 18.4. The minimum absolute atomic E-state index is 0.0151. The van der Waals surface area contributed by atoms with Gasteiger partial charge in [-0.05, 0) is 60.4 Å². The molecule has 2 heterocycles. The van der Waals surface area contributed by atoms with Crippen LogP contribution in [0.1, 0.15) is 22.8 Å². The molecule has 1 aliphatic heterocycles. The number of hydrogen-bond acceptors (Lipinski definition) is 5. The second-order valence-electron chi connectivity index (χ2n) is 6.77. The first-order valence-corrected chi connectivity index (χ1v) is 11.8. The number of pyridine rings is 1. The van der Waals surface area contributed by atoms with Crippen LogP contribution in [-0.2, 0) is 6.42 Å². The van der Waals surface area contributed by atoms with Gasteiger partial charge in [0, 0.05) is 17.3 Å². The predicted molar refractivity (Wildman–Crippen MR) is 116 cm³/mol. The molecule has 1 unspecified atom stereocenters. The molecule has 0 saturated heterocycles. The van der Waals surface area contributed by atoms with Gasteiger partial charge in [0.1, 0.15) is 5.75 Å². The second-order valence-corrected chi connectivity index (χ2v) is 10.1. The molecular weight excluding hydrogens is 390 g/mol. The Kier molecular flexibility index (Phi) is 5.92. The van der Waals surface area contributed by atoms with E-state index in [1.165, 1.54) is 5.56 Å². The Labute approximate surface area is 171 Å². The lowest BCUT2D eigenvalue weighted by Crippen LogP contribution is -2.00. The molecule has 2 N–H and O–H groups in total. The number of benzene rings is 2. The van der Waals surface area contributed by atoms with E-state index in [0.717, 1.165) is 29.1 Å². The highest BCUT2D eigenvalue weighted by atomic mass is 32.3. The molecule has 1 aliphatic rings. The minimum atomic E-state index is -2.74. The van der Waals surface area contributed by atoms with Crippen molar-refractivity contribution < 1.29 is 13.8 Å². The van der Waals surface area contributed by atoms with Gasteiger partial charge in [-0.15, -0.1) is 11.8 Å². The van der Waals surface area contributed by atoms with E-state index in [-0.39, 0.29) is 5.25 Å².